The van der Waals surface area contributed by atoms with E-state index in [-0.39, 0.29) is 0 Å². The van der Waals surface area contributed by atoms with E-state index in [4.69, 9.17) is 4.74 Å². The normalized spacial score (nSPS) is 30.2. The minimum Gasteiger partial charge on any atom is -0.378 e. The molecule has 2 heteroatoms. The smallest absolute Gasteiger partial charge is 0.0600 e. The predicted molar refractivity (Wildman–Crippen MR) is 64.9 cm³/mol. The molecule has 0 heterocycles. The summed E-state index contributed by atoms with van der Waals surface area (Å²) in [6.45, 7) is 5.51. The lowest BCUT2D eigenvalue weighted by Gasteiger charge is -2.29. The molecule has 0 aliphatic heterocycles. The number of alkyl halides is 1. The van der Waals surface area contributed by atoms with Crippen LogP contribution in [0, 0.1) is 11.8 Å². The van der Waals surface area contributed by atoms with Crippen LogP contribution < -0.4 is 0 Å². The molecule has 0 N–H and O–H groups in total. The van der Waals surface area contributed by atoms with Crippen molar-refractivity contribution < 1.29 is 4.74 Å². The Kier molecular flexibility index (Phi) is 6.11. The lowest BCUT2D eigenvalue weighted by molar-refractivity contribution is -0.0189. The Morgan fingerprint density at radius 2 is 2.07 bits per heavy atom. The SMILES string of the molecule is CCC(CBr)COC1CCCCC1C. The molecule has 0 aromatic carbocycles. The third-order valence-corrected chi connectivity index (χ3v) is 4.29. The molecule has 3 atom stereocenters. The van der Waals surface area contributed by atoms with Crippen molar-refractivity contribution in [2.75, 3.05) is 11.9 Å². The molecule has 14 heavy (non-hydrogen) atoms. The molecule has 1 nitrogen and oxygen atoms in total. The zero-order chi connectivity index (χ0) is 10.4. The molecule has 1 aliphatic rings. The fraction of sp³-hybridized carbons (Fsp3) is 1.00. The number of hydrogen-bond donors (Lipinski definition) is 0. The van der Waals surface area contributed by atoms with Gasteiger partial charge in [0.15, 0.2) is 0 Å². The minimum absolute atomic E-state index is 0.539. The molecule has 0 saturated heterocycles. The van der Waals surface area contributed by atoms with Crippen molar-refractivity contribution in [3.8, 4) is 0 Å². The highest BCUT2D eigenvalue weighted by molar-refractivity contribution is 9.09. The van der Waals surface area contributed by atoms with Crippen LogP contribution in [0.5, 0.6) is 0 Å². The highest BCUT2D eigenvalue weighted by atomic mass is 79.9. The van der Waals surface area contributed by atoms with Crippen LogP contribution in [0.4, 0.5) is 0 Å². The van der Waals surface area contributed by atoms with E-state index in [1.54, 1.807) is 0 Å². The first-order chi connectivity index (χ1) is 6.77. The van der Waals surface area contributed by atoms with Crippen LogP contribution >= 0.6 is 15.9 Å². The molecule has 1 saturated carbocycles. The number of halogens is 1. The third-order valence-electron chi connectivity index (χ3n) is 3.37. The summed E-state index contributed by atoms with van der Waals surface area (Å²) >= 11 is 3.54. The highest BCUT2D eigenvalue weighted by Crippen LogP contribution is 2.26. The van der Waals surface area contributed by atoms with E-state index in [1.165, 1.54) is 32.1 Å². The lowest BCUT2D eigenvalue weighted by Crippen LogP contribution is -2.28. The summed E-state index contributed by atoms with van der Waals surface area (Å²) in [5.74, 6) is 1.47. The second-order valence-electron chi connectivity index (χ2n) is 4.56. The predicted octanol–water partition coefficient (Wildman–Crippen LogP) is 4.00. The summed E-state index contributed by atoms with van der Waals surface area (Å²) in [5, 5.41) is 1.07. The van der Waals surface area contributed by atoms with Gasteiger partial charge in [0.25, 0.3) is 0 Å². The Balaban J connectivity index is 2.21. The summed E-state index contributed by atoms with van der Waals surface area (Å²) in [6.07, 6.45) is 7.15. The largest absolute Gasteiger partial charge is 0.378 e. The standard InChI is InChI=1S/C12H23BrO/c1-3-11(8-13)9-14-12-7-5-4-6-10(12)2/h10-12H,3-9H2,1-2H3. The maximum absolute atomic E-state index is 6.01. The van der Waals surface area contributed by atoms with Gasteiger partial charge in [0.1, 0.15) is 0 Å². The van der Waals surface area contributed by atoms with Crippen LogP contribution in [0.2, 0.25) is 0 Å². The Hall–Kier alpha value is 0.440. The molecule has 0 spiro atoms. The van der Waals surface area contributed by atoms with E-state index in [9.17, 15) is 0 Å². The van der Waals surface area contributed by atoms with Gasteiger partial charge < -0.3 is 4.74 Å². The molecule has 0 aromatic rings. The van der Waals surface area contributed by atoms with Crippen molar-refractivity contribution in [2.45, 2.75) is 52.1 Å². The van der Waals surface area contributed by atoms with E-state index in [1.807, 2.05) is 0 Å². The quantitative estimate of drug-likeness (QED) is 0.681. The molecule has 84 valence electrons. The Morgan fingerprint density at radius 3 is 2.64 bits per heavy atom. The number of ether oxygens (including phenoxy) is 1. The van der Waals surface area contributed by atoms with Crippen LogP contribution in [0.15, 0.2) is 0 Å². The molecule has 1 aliphatic carbocycles. The maximum Gasteiger partial charge on any atom is 0.0600 e. The molecule has 3 unspecified atom stereocenters. The van der Waals surface area contributed by atoms with Crippen molar-refractivity contribution in [1.29, 1.82) is 0 Å². The van der Waals surface area contributed by atoms with Gasteiger partial charge in [0.2, 0.25) is 0 Å². The van der Waals surface area contributed by atoms with Crippen molar-refractivity contribution in [1.82, 2.24) is 0 Å². The first kappa shape index (κ1) is 12.5. The zero-order valence-electron chi connectivity index (χ0n) is 9.47. The maximum atomic E-state index is 6.01. The van der Waals surface area contributed by atoms with E-state index in [0.29, 0.717) is 12.0 Å². The highest BCUT2D eigenvalue weighted by Gasteiger charge is 2.22. The van der Waals surface area contributed by atoms with E-state index in [2.05, 4.69) is 29.8 Å². The van der Waals surface area contributed by atoms with Crippen LogP contribution in [0.1, 0.15) is 46.0 Å². The van der Waals surface area contributed by atoms with Gasteiger partial charge in [-0.1, -0.05) is 49.0 Å². The van der Waals surface area contributed by atoms with Gasteiger partial charge in [0, 0.05) is 5.33 Å². The summed E-state index contributed by atoms with van der Waals surface area (Å²) in [7, 11) is 0. The monoisotopic (exact) mass is 262 g/mol. The Morgan fingerprint density at radius 1 is 1.36 bits per heavy atom. The lowest BCUT2D eigenvalue weighted by atomic mass is 9.88. The van der Waals surface area contributed by atoms with Crippen LogP contribution in [0.25, 0.3) is 0 Å². The average Bonchev–Trinajstić information content (AvgIpc) is 2.22. The summed E-state index contributed by atoms with van der Waals surface area (Å²) in [6, 6.07) is 0. The number of hydrogen-bond acceptors (Lipinski definition) is 1. The van der Waals surface area contributed by atoms with Gasteiger partial charge in [-0.2, -0.15) is 0 Å². The van der Waals surface area contributed by atoms with Crippen LogP contribution in [0.3, 0.4) is 0 Å². The minimum atomic E-state index is 0.539. The fourth-order valence-electron chi connectivity index (χ4n) is 2.06. The van der Waals surface area contributed by atoms with Gasteiger partial charge in [-0.25, -0.2) is 0 Å². The van der Waals surface area contributed by atoms with Gasteiger partial charge in [0.05, 0.1) is 12.7 Å². The van der Waals surface area contributed by atoms with Crippen molar-refractivity contribution in [2.24, 2.45) is 11.8 Å². The summed E-state index contributed by atoms with van der Waals surface area (Å²) < 4.78 is 6.01. The average molecular weight is 263 g/mol. The molecular formula is C12H23BrO. The Labute approximate surface area is 96.7 Å². The third kappa shape index (κ3) is 3.90. The van der Waals surface area contributed by atoms with Crippen LogP contribution in [-0.4, -0.2) is 18.0 Å². The van der Waals surface area contributed by atoms with Crippen LogP contribution in [-0.2, 0) is 4.74 Å². The topological polar surface area (TPSA) is 9.23 Å². The van der Waals surface area contributed by atoms with Crippen molar-refractivity contribution in [3.63, 3.8) is 0 Å². The first-order valence-corrected chi connectivity index (χ1v) is 7.07. The molecule has 1 fully saturated rings. The Bertz CT molecular complexity index is 145. The van der Waals surface area contributed by atoms with Gasteiger partial charge in [-0.3, -0.25) is 0 Å². The first-order valence-electron chi connectivity index (χ1n) is 5.95. The molecule has 0 aromatic heterocycles. The van der Waals surface area contributed by atoms with E-state index in [0.717, 1.165) is 17.9 Å². The number of rotatable bonds is 5. The second kappa shape index (κ2) is 6.84. The van der Waals surface area contributed by atoms with Crippen molar-refractivity contribution >= 4 is 15.9 Å². The van der Waals surface area contributed by atoms with Gasteiger partial charge in [-0.05, 0) is 24.7 Å². The molecule has 0 amide bonds. The van der Waals surface area contributed by atoms with E-state index >= 15 is 0 Å². The summed E-state index contributed by atoms with van der Waals surface area (Å²) in [5.41, 5.74) is 0. The molecule has 1 rings (SSSR count). The van der Waals surface area contributed by atoms with Crippen molar-refractivity contribution in [3.05, 3.63) is 0 Å². The fourth-order valence-corrected chi connectivity index (χ4v) is 2.71. The molecule has 0 bridgehead atoms. The zero-order valence-corrected chi connectivity index (χ0v) is 11.1. The van der Waals surface area contributed by atoms with E-state index < -0.39 is 0 Å². The van der Waals surface area contributed by atoms with Gasteiger partial charge in [-0.15, -0.1) is 0 Å². The molecule has 0 radical (unpaired) electrons. The second-order valence-corrected chi connectivity index (χ2v) is 5.21. The summed E-state index contributed by atoms with van der Waals surface area (Å²) in [4.78, 5) is 0. The van der Waals surface area contributed by atoms with Gasteiger partial charge >= 0.3 is 0 Å². The molecular weight excluding hydrogens is 240 g/mol.